The third kappa shape index (κ3) is 3.43. The van der Waals surface area contributed by atoms with Gasteiger partial charge in [-0.3, -0.25) is 4.79 Å². The minimum absolute atomic E-state index is 0.0833. The maximum Gasteiger partial charge on any atom is 0.135 e. The molecule has 1 heteroatoms. The van der Waals surface area contributed by atoms with Crippen molar-refractivity contribution in [2.75, 3.05) is 0 Å². The molecule has 2 saturated carbocycles. The molecule has 0 saturated heterocycles. The molecule has 2 rings (SSSR count). The smallest absolute Gasteiger partial charge is 0.135 e. The molecule has 82 valence electrons. The maximum atomic E-state index is 10.7. The van der Waals surface area contributed by atoms with E-state index in [1.54, 1.807) is 6.92 Å². The highest BCUT2D eigenvalue weighted by Gasteiger charge is 2.35. The molecule has 0 aromatic heterocycles. The van der Waals surface area contributed by atoms with Crippen LogP contribution < -0.4 is 0 Å². The quantitative estimate of drug-likeness (QED) is 0.617. The van der Waals surface area contributed by atoms with Gasteiger partial charge < -0.3 is 0 Å². The van der Waals surface area contributed by atoms with E-state index in [1.165, 1.54) is 44.9 Å². The van der Waals surface area contributed by atoms with Gasteiger partial charge in [-0.05, 0) is 19.8 Å². The molecule has 0 N–H and O–H groups in total. The van der Waals surface area contributed by atoms with Crippen LogP contribution in [0.25, 0.3) is 0 Å². The Kier molecular flexibility index (Phi) is 4.64. The summed E-state index contributed by atoms with van der Waals surface area (Å²) in [6, 6.07) is 0. The predicted molar refractivity (Wildman–Crippen MR) is 60.3 cm³/mol. The van der Waals surface area contributed by atoms with Gasteiger partial charge in [-0.1, -0.05) is 51.9 Å². The molecule has 0 atom stereocenters. The first kappa shape index (κ1) is 11.7. The maximum absolute atomic E-state index is 10.7. The predicted octanol–water partition coefficient (Wildman–Crippen LogP) is 4.11. The molecule has 1 nitrogen and oxygen atoms in total. The van der Waals surface area contributed by atoms with E-state index in [4.69, 9.17) is 0 Å². The molecular weight excluding hydrogens is 172 g/mol. The highest BCUT2D eigenvalue weighted by molar-refractivity contribution is 5.82. The zero-order chi connectivity index (χ0) is 10.4. The first-order chi connectivity index (χ1) is 6.65. The van der Waals surface area contributed by atoms with E-state index in [0.29, 0.717) is 5.78 Å². The van der Waals surface area contributed by atoms with Crippen LogP contribution in [-0.2, 0) is 4.79 Å². The van der Waals surface area contributed by atoms with Crippen molar-refractivity contribution in [3.63, 3.8) is 0 Å². The van der Waals surface area contributed by atoms with Gasteiger partial charge in [-0.15, -0.1) is 0 Å². The first-order valence-corrected chi connectivity index (χ1v) is 6.16. The number of Topliss-reactive ketones (excluding diaryl/α,β-unsaturated/α-hetero) is 1. The summed E-state index contributed by atoms with van der Waals surface area (Å²) in [6.45, 7) is 3.75. The normalized spacial score (nSPS) is 24.1. The van der Waals surface area contributed by atoms with Gasteiger partial charge >= 0.3 is 0 Å². The Morgan fingerprint density at radius 3 is 1.29 bits per heavy atom. The molecule has 0 radical (unpaired) electrons. The monoisotopic (exact) mass is 196 g/mol. The third-order valence-electron chi connectivity index (χ3n) is 3.81. The van der Waals surface area contributed by atoms with Gasteiger partial charge in [0.25, 0.3) is 0 Å². The number of hydrogen-bond acceptors (Lipinski definition) is 1. The van der Waals surface area contributed by atoms with Crippen molar-refractivity contribution in [1.82, 2.24) is 0 Å². The molecule has 2 aliphatic carbocycles. The fourth-order valence-electron chi connectivity index (χ4n) is 2.12. The van der Waals surface area contributed by atoms with Crippen molar-refractivity contribution in [2.24, 2.45) is 5.41 Å². The molecule has 0 amide bonds. The van der Waals surface area contributed by atoms with Crippen LogP contribution in [0.15, 0.2) is 0 Å². The summed E-state index contributed by atoms with van der Waals surface area (Å²) in [5, 5.41) is 0. The first-order valence-electron chi connectivity index (χ1n) is 6.16. The second kappa shape index (κ2) is 5.53. The van der Waals surface area contributed by atoms with Crippen LogP contribution in [0.5, 0.6) is 0 Å². The zero-order valence-electron chi connectivity index (χ0n) is 9.77. The largest absolute Gasteiger partial charge is 0.299 e. The van der Waals surface area contributed by atoms with Crippen molar-refractivity contribution in [1.29, 1.82) is 0 Å². The lowest BCUT2D eigenvalue weighted by atomic mass is 9.68. The number of carbonyl (C=O) groups is 1. The number of rotatable bonds is 1. The Morgan fingerprint density at radius 2 is 1.21 bits per heavy atom. The summed E-state index contributed by atoms with van der Waals surface area (Å²) in [6.07, 6.45) is 12.5. The molecular formula is C13H24O. The number of carbonyl (C=O) groups excluding carboxylic acids is 1. The molecule has 14 heavy (non-hydrogen) atoms. The number of hydrogen-bond donors (Lipinski definition) is 0. The van der Waals surface area contributed by atoms with Crippen molar-refractivity contribution >= 4 is 5.78 Å². The SMILES string of the molecule is C1CCCCC1.CC(=O)C1(C)CCC1. The van der Waals surface area contributed by atoms with E-state index in [0.717, 1.165) is 12.8 Å². The molecule has 0 bridgehead atoms. The summed E-state index contributed by atoms with van der Waals surface area (Å²) in [5.74, 6) is 0.365. The second-order valence-corrected chi connectivity index (χ2v) is 5.09. The van der Waals surface area contributed by atoms with Gasteiger partial charge in [-0.25, -0.2) is 0 Å². The molecule has 2 aliphatic rings. The van der Waals surface area contributed by atoms with Crippen molar-refractivity contribution in [2.45, 2.75) is 71.6 Å². The minimum Gasteiger partial charge on any atom is -0.299 e. The van der Waals surface area contributed by atoms with Crippen LogP contribution in [0.2, 0.25) is 0 Å². The molecule has 0 aromatic carbocycles. The lowest BCUT2D eigenvalue weighted by Crippen LogP contribution is -2.32. The molecule has 0 aliphatic heterocycles. The van der Waals surface area contributed by atoms with E-state index in [9.17, 15) is 4.79 Å². The Balaban J connectivity index is 0.000000146. The summed E-state index contributed by atoms with van der Waals surface area (Å²) in [4.78, 5) is 10.7. The summed E-state index contributed by atoms with van der Waals surface area (Å²) in [7, 11) is 0. The highest BCUT2D eigenvalue weighted by atomic mass is 16.1. The fraction of sp³-hybridized carbons (Fsp3) is 0.923. The van der Waals surface area contributed by atoms with Crippen LogP contribution in [-0.4, -0.2) is 5.78 Å². The van der Waals surface area contributed by atoms with Crippen LogP contribution >= 0.6 is 0 Å². The van der Waals surface area contributed by atoms with Crippen LogP contribution in [0.4, 0.5) is 0 Å². The van der Waals surface area contributed by atoms with Gasteiger partial charge in [0.1, 0.15) is 5.78 Å². The summed E-state index contributed by atoms with van der Waals surface area (Å²) >= 11 is 0. The summed E-state index contributed by atoms with van der Waals surface area (Å²) < 4.78 is 0. The van der Waals surface area contributed by atoms with Gasteiger partial charge in [0.2, 0.25) is 0 Å². The lowest BCUT2D eigenvalue weighted by Gasteiger charge is -2.35. The fourth-order valence-corrected chi connectivity index (χ4v) is 2.12. The van der Waals surface area contributed by atoms with Crippen LogP contribution in [0.3, 0.4) is 0 Å². The Hall–Kier alpha value is -0.330. The van der Waals surface area contributed by atoms with E-state index in [1.807, 2.05) is 0 Å². The van der Waals surface area contributed by atoms with Gasteiger partial charge in [0.15, 0.2) is 0 Å². The molecule has 0 aromatic rings. The average Bonchev–Trinajstić information content (AvgIpc) is 2.17. The van der Waals surface area contributed by atoms with E-state index >= 15 is 0 Å². The Labute approximate surface area is 88.3 Å². The zero-order valence-corrected chi connectivity index (χ0v) is 9.77. The minimum atomic E-state index is 0.0833. The third-order valence-corrected chi connectivity index (χ3v) is 3.81. The second-order valence-electron chi connectivity index (χ2n) is 5.09. The van der Waals surface area contributed by atoms with Crippen molar-refractivity contribution in [3.05, 3.63) is 0 Å². The molecule has 2 fully saturated rings. The average molecular weight is 196 g/mol. The Morgan fingerprint density at radius 1 is 0.857 bits per heavy atom. The standard InChI is InChI=1S/C7H12O.C6H12/c1-6(8)7(2)4-3-5-7;1-2-4-6-5-3-1/h3-5H2,1-2H3;1-6H2. The topological polar surface area (TPSA) is 17.1 Å². The van der Waals surface area contributed by atoms with E-state index < -0.39 is 0 Å². The molecule has 0 unspecified atom stereocenters. The highest BCUT2D eigenvalue weighted by Crippen LogP contribution is 2.40. The summed E-state index contributed by atoms with van der Waals surface area (Å²) in [5.41, 5.74) is 0.0833. The van der Waals surface area contributed by atoms with Crippen LogP contribution in [0, 0.1) is 5.41 Å². The van der Waals surface area contributed by atoms with Gasteiger partial charge in [0, 0.05) is 5.41 Å². The van der Waals surface area contributed by atoms with Crippen LogP contribution in [0.1, 0.15) is 71.6 Å². The molecule has 0 spiro atoms. The molecule has 0 heterocycles. The van der Waals surface area contributed by atoms with E-state index in [2.05, 4.69) is 6.92 Å². The van der Waals surface area contributed by atoms with E-state index in [-0.39, 0.29) is 5.41 Å². The number of ketones is 1. The van der Waals surface area contributed by atoms with Gasteiger partial charge in [0.05, 0.1) is 0 Å². The van der Waals surface area contributed by atoms with Gasteiger partial charge in [-0.2, -0.15) is 0 Å². The van der Waals surface area contributed by atoms with Crippen molar-refractivity contribution < 1.29 is 4.79 Å². The van der Waals surface area contributed by atoms with Crippen molar-refractivity contribution in [3.8, 4) is 0 Å². The lowest BCUT2D eigenvalue weighted by molar-refractivity contribution is -0.129. The Bertz CT molecular complexity index is 164.